The number of anilines is 1. The number of aliphatic hydroxyl groups is 1. The van der Waals surface area contributed by atoms with E-state index < -0.39 is 24.0 Å². The van der Waals surface area contributed by atoms with Gasteiger partial charge in [-0.25, -0.2) is 4.79 Å². The largest absolute Gasteiger partial charge is 0.504 e. The maximum atomic E-state index is 12.7. The van der Waals surface area contributed by atoms with E-state index in [2.05, 4.69) is 10.3 Å². The van der Waals surface area contributed by atoms with Crippen LogP contribution in [0.2, 0.25) is 0 Å². The number of β-lactam (4-membered cyclic amide) rings is 1. The van der Waals surface area contributed by atoms with Crippen molar-refractivity contribution in [2.75, 3.05) is 12.4 Å². The number of aliphatic hydroxyl groups excluding tert-OH is 1. The number of nitrogens with zero attached hydrogens (tertiary/aromatic N) is 2. The molecule has 0 radical (unpaired) electrons. The van der Waals surface area contributed by atoms with Gasteiger partial charge in [0.1, 0.15) is 5.70 Å². The number of fused-ring (bicyclic) bond motifs is 1. The van der Waals surface area contributed by atoms with Gasteiger partial charge in [0, 0.05) is 44.0 Å². The van der Waals surface area contributed by atoms with Gasteiger partial charge in [-0.3, -0.25) is 14.6 Å². The van der Waals surface area contributed by atoms with Gasteiger partial charge >= 0.3 is 11.9 Å². The standard InChI is InChI=1S/C26H27N3O7/c1-13(30)23-20-9-18(24(29(20)25(23)34)26(35)36-14(2)31)16-6-4-15(5-7-16)11-28-19-10-22(33)21(32)8-17(19)12-27-3/h4-8,10,12-13,20,23,28,30,32-33H,9,11H2,1-3H3/t13-,20?,23-/m1/s1. The number of rotatable bonds is 7. The number of phenolic OH excluding ortho intramolecular Hbond substituents is 2. The van der Waals surface area contributed by atoms with Crippen LogP contribution in [0, 0.1) is 5.92 Å². The summed E-state index contributed by atoms with van der Waals surface area (Å²) >= 11 is 0. The van der Waals surface area contributed by atoms with Crippen LogP contribution >= 0.6 is 0 Å². The minimum atomic E-state index is -0.889. The molecule has 1 amide bonds. The van der Waals surface area contributed by atoms with Crippen molar-refractivity contribution in [2.45, 2.75) is 39.0 Å². The van der Waals surface area contributed by atoms with Gasteiger partial charge in [-0.1, -0.05) is 24.3 Å². The van der Waals surface area contributed by atoms with Crippen LogP contribution in [0.4, 0.5) is 5.69 Å². The number of hydrogen-bond donors (Lipinski definition) is 4. The van der Waals surface area contributed by atoms with Crippen LogP contribution in [-0.2, 0) is 25.7 Å². The van der Waals surface area contributed by atoms with Crippen LogP contribution in [0.1, 0.15) is 37.0 Å². The van der Waals surface area contributed by atoms with Gasteiger partial charge in [-0.2, -0.15) is 0 Å². The van der Waals surface area contributed by atoms with Gasteiger partial charge < -0.3 is 30.3 Å². The highest BCUT2D eigenvalue weighted by Gasteiger charge is 2.57. The Bertz CT molecular complexity index is 1280. The zero-order valence-electron chi connectivity index (χ0n) is 20.1. The number of aromatic hydroxyl groups is 2. The third kappa shape index (κ3) is 4.55. The first-order chi connectivity index (χ1) is 17.1. The third-order valence-electron chi connectivity index (χ3n) is 6.36. The van der Waals surface area contributed by atoms with E-state index in [0.717, 1.165) is 12.5 Å². The highest BCUT2D eigenvalue weighted by molar-refractivity contribution is 6.09. The second kappa shape index (κ2) is 9.82. The van der Waals surface area contributed by atoms with Gasteiger partial charge in [-0.15, -0.1) is 0 Å². The lowest BCUT2D eigenvalue weighted by Crippen LogP contribution is -2.61. The minimum Gasteiger partial charge on any atom is -0.504 e. The average Bonchev–Trinajstić information content (AvgIpc) is 3.15. The first kappa shape index (κ1) is 24.9. The molecule has 1 fully saturated rings. The molecule has 36 heavy (non-hydrogen) atoms. The van der Waals surface area contributed by atoms with Crippen LogP contribution in [0.3, 0.4) is 0 Å². The third-order valence-corrected chi connectivity index (χ3v) is 6.36. The lowest BCUT2D eigenvalue weighted by Gasteiger charge is -2.44. The highest BCUT2D eigenvalue weighted by Crippen LogP contribution is 2.47. The number of benzene rings is 2. The smallest absolute Gasteiger partial charge is 0.363 e. The van der Waals surface area contributed by atoms with E-state index in [9.17, 15) is 29.7 Å². The summed E-state index contributed by atoms with van der Waals surface area (Å²) in [6.45, 7) is 3.05. The Balaban J connectivity index is 1.57. The molecule has 2 heterocycles. The van der Waals surface area contributed by atoms with E-state index in [1.807, 2.05) is 24.3 Å². The molecular weight excluding hydrogens is 466 g/mol. The number of aliphatic imine (C=N–C) groups is 1. The van der Waals surface area contributed by atoms with E-state index >= 15 is 0 Å². The molecule has 1 unspecified atom stereocenters. The maximum absolute atomic E-state index is 12.7. The minimum absolute atomic E-state index is 0.0334. The molecule has 3 atom stereocenters. The number of hydrogen-bond acceptors (Lipinski definition) is 9. The highest BCUT2D eigenvalue weighted by atomic mass is 16.6. The van der Waals surface area contributed by atoms with Crippen molar-refractivity contribution in [1.82, 2.24) is 4.90 Å². The summed E-state index contributed by atoms with van der Waals surface area (Å²) in [5.74, 6) is -3.15. The maximum Gasteiger partial charge on any atom is 0.363 e. The molecule has 10 heteroatoms. The van der Waals surface area contributed by atoms with Crippen LogP contribution in [-0.4, -0.2) is 63.5 Å². The van der Waals surface area contributed by atoms with Crippen LogP contribution in [0.5, 0.6) is 11.5 Å². The number of carbonyl (C=O) groups is 3. The van der Waals surface area contributed by atoms with Crippen molar-refractivity contribution in [3.05, 3.63) is 58.8 Å². The summed E-state index contributed by atoms with van der Waals surface area (Å²) in [6.07, 6.45) is 1.05. The molecule has 2 aliphatic rings. The Kier molecular flexibility index (Phi) is 6.80. The molecular formula is C26H27N3O7. The van der Waals surface area contributed by atoms with Crippen molar-refractivity contribution in [1.29, 1.82) is 0 Å². The number of ether oxygens (including phenoxy) is 1. The van der Waals surface area contributed by atoms with Crippen molar-refractivity contribution >= 4 is 35.3 Å². The number of carbonyl (C=O) groups excluding carboxylic acids is 3. The molecule has 0 bridgehead atoms. The molecule has 0 saturated carbocycles. The Morgan fingerprint density at radius 3 is 2.50 bits per heavy atom. The molecule has 4 N–H and O–H groups in total. The first-order valence-corrected chi connectivity index (χ1v) is 11.4. The summed E-state index contributed by atoms with van der Waals surface area (Å²) in [4.78, 5) is 42.0. The topological polar surface area (TPSA) is 149 Å². The number of phenols is 2. The predicted octanol–water partition coefficient (Wildman–Crippen LogP) is 2.17. The molecule has 10 nitrogen and oxygen atoms in total. The SMILES string of the molecule is CN=Cc1cc(O)c(O)cc1NCc1ccc(C2=C(C(=O)OC(C)=O)N3C(=O)[C@H]([C@@H](C)O)C3C2)cc1. The number of esters is 2. The Morgan fingerprint density at radius 2 is 1.89 bits per heavy atom. The monoisotopic (exact) mass is 493 g/mol. The second-order valence-electron chi connectivity index (χ2n) is 8.82. The first-order valence-electron chi connectivity index (χ1n) is 11.4. The molecule has 2 aliphatic heterocycles. The van der Waals surface area contributed by atoms with E-state index in [-0.39, 0.29) is 29.1 Å². The van der Waals surface area contributed by atoms with Gasteiger partial charge in [-0.05, 0) is 36.1 Å². The molecule has 1 saturated heterocycles. The second-order valence-corrected chi connectivity index (χ2v) is 8.82. The van der Waals surface area contributed by atoms with Crippen LogP contribution in [0.25, 0.3) is 5.57 Å². The van der Waals surface area contributed by atoms with Crippen LogP contribution in [0.15, 0.2) is 47.1 Å². The zero-order chi connectivity index (χ0) is 26.1. The lowest BCUT2D eigenvalue weighted by atomic mass is 9.82. The summed E-state index contributed by atoms with van der Waals surface area (Å²) in [5, 5.41) is 32.8. The quantitative estimate of drug-likeness (QED) is 0.115. The van der Waals surface area contributed by atoms with Crippen molar-refractivity contribution in [3.63, 3.8) is 0 Å². The molecule has 0 aliphatic carbocycles. The van der Waals surface area contributed by atoms with Gasteiger partial charge in [0.05, 0.1) is 18.1 Å². The molecule has 2 aromatic carbocycles. The van der Waals surface area contributed by atoms with Crippen molar-refractivity contribution in [2.24, 2.45) is 10.9 Å². The molecule has 4 rings (SSSR count). The Hall–Kier alpha value is -4.18. The molecule has 188 valence electrons. The summed E-state index contributed by atoms with van der Waals surface area (Å²) < 4.78 is 4.79. The normalized spacial score (nSPS) is 19.8. The molecule has 2 aromatic rings. The lowest BCUT2D eigenvalue weighted by molar-refractivity contribution is -0.165. The molecule has 0 aromatic heterocycles. The summed E-state index contributed by atoms with van der Waals surface area (Å²) in [7, 11) is 1.60. The predicted molar refractivity (Wildman–Crippen MR) is 131 cm³/mol. The van der Waals surface area contributed by atoms with Crippen LogP contribution < -0.4 is 5.32 Å². The average molecular weight is 494 g/mol. The van der Waals surface area contributed by atoms with E-state index in [4.69, 9.17) is 4.74 Å². The van der Waals surface area contributed by atoms with E-state index in [1.165, 1.54) is 17.0 Å². The fourth-order valence-corrected chi connectivity index (χ4v) is 4.71. The van der Waals surface area contributed by atoms with E-state index in [1.54, 1.807) is 20.2 Å². The fraction of sp³-hybridized carbons (Fsp3) is 0.308. The fourth-order valence-electron chi connectivity index (χ4n) is 4.71. The van der Waals surface area contributed by atoms with Gasteiger partial charge in [0.25, 0.3) is 0 Å². The zero-order valence-corrected chi connectivity index (χ0v) is 20.1. The summed E-state index contributed by atoms with van der Waals surface area (Å²) in [6, 6.07) is 9.77. The Labute approximate surface area is 207 Å². The van der Waals surface area contributed by atoms with E-state index in [0.29, 0.717) is 35.4 Å². The molecule has 0 spiro atoms. The summed E-state index contributed by atoms with van der Waals surface area (Å²) in [5.41, 5.74) is 3.38. The van der Waals surface area contributed by atoms with Crippen molar-refractivity contribution in [3.8, 4) is 11.5 Å². The number of nitrogens with one attached hydrogen (secondary N) is 1. The van der Waals surface area contributed by atoms with Gasteiger partial charge in [0.15, 0.2) is 11.5 Å². The number of amides is 1. The van der Waals surface area contributed by atoms with Gasteiger partial charge in [0.2, 0.25) is 5.91 Å². The van der Waals surface area contributed by atoms with Crippen molar-refractivity contribution < 1.29 is 34.4 Å². The Morgan fingerprint density at radius 1 is 1.22 bits per heavy atom.